The number of carbonyl (C=O) groups is 2. The molecule has 0 aliphatic rings. The lowest BCUT2D eigenvalue weighted by Crippen LogP contribution is -2.53. The van der Waals surface area contributed by atoms with E-state index in [0.29, 0.717) is 12.1 Å². The molecule has 2 amide bonds. The highest BCUT2D eigenvalue weighted by Gasteiger charge is 2.32. The molecule has 35 heavy (non-hydrogen) atoms. The van der Waals surface area contributed by atoms with Crippen LogP contribution in [0.25, 0.3) is 0 Å². The van der Waals surface area contributed by atoms with Crippen LogP contribution in [-0.2, 0) is 26.2 Å². The molecule has 0 saturated carbocycles. The lowest BCUT2D eigenvalue weighted by molar-refractivity contribution is -0.140. The number of aryl methyl sites for hydroxylation is 2. The van der Waals surface area contributed by atoms with Gasteiger partial charge >= 0.3 is 0 Å². The average Bonchev–Trinajstić information content (AvgIpc) is 2.79. The summed E-state index contributed by atoms with van der Waals surface area (Å²) >= 11 is 3.43. The fourth-order valence-electron chi connectivity index (χ4n) is 3.73. The van der Waals surface area contributed by atoms with E-state index in [0.717, 1.165) is 38.1 Å². The fraction of sp³-hybridized carbons (Fsp3) is 0.462. The minimum absolute atomic E-state index is 0.0368. The van der Waals surface area contributed by atoms with Crippen LogP contribution in [0, 0.1) is 13.8 Å². The predicted octanol–water partition coefficient (Wildman–Crippen LogP) is 4.55. The largest absolute Gasteiger partial charge is 0.352 e. The molecule has 2 atom stereocenters. The highest BCUT2D eigenvalue weighted by Crippen LogP contribution is 2.25. The Morgan fingerprint density at radius 1 is 1.03 bits per heavy atom. The lowest BCUT2D eigenvalue weighted by Gasteiger charge is -2.33. The first-order chi connectivity index (χ1) is 16.4. The van der Waals surface area contributed by atoms with Gasteiger partial charge in [-0.25, -0.2) is 8.42 Å². The molecule has 0 fully saturated rings. The third-order valence-electron chi connectivity index (χ3n) is 6.10. The van der Waals surface area contributed by atoms with Crippen LogP contribution in [0.5, 0.6) is 0 Å². The third kappa shape index (κ3) is 7.80. The zero-order valence-corrected chi connectivity index (χ0v) is 23.7. The van der Waals surface area contributed by atoms with Gasteiger partial charge in [-0.2, -0.15) is 0 Å². The van der Waals surface area contributed by atoms with Crippen LogP contribution in [0.3, 0.4) is 0 Å². The first-order valence-electron chi connectivity index (χ1n) is 11.8. The predicted molar refractivity (Wildman–Crippen MR) is 145 cm³/mol. The van der Waals surface area contributed by atoms with E-state index < -0.39 is 28.5 Å². The van der Waals surface area contributed by atoms with Gasteiger partial charge in [-0.15, -0.1) is 0 Å². The maximum atomic E-state index is 13.7. The van der Waals surface area contributed by atoms with Crippen LogP contribution < -0.4 is 9.62 Å². The average molecular weight is 567 g/mol. The molecule has 2 aromatic carbocycles. The second-order valence-corrected chi connectivity index (χ2v) is 11.7. The summed E-state index contributed by atoms with van der Waals surface area (Å²) in [6, 6.07) is 12.0. The molecule has 0 spiro atoms. The van der Waals surface area contributed by atoms with Crippen molar-refractivity contribution in [2.75, 3.05) is 17.1 Å². The van der Waals surface area contributed by atoms with Gasteiger partial charge in [0.05, 0.1) is 11.9 Å². The molecule has 0 aliphatic carbocycles. The van der Waals surface area contributed by atoms with Crippen LogP contribution in [0.1, 0.15) is 50.3 Å². The molecule has 0 heterocycles. The molecular formula is C26H36BrN3O4S. The molecule has 0 aliphatic heterocycles. The number of benzene rings is 2. The second kappa shape index (κ2) is 12.5. The smallest absolute Gasteiger partial charge is 0.244 e. The Bertz CT molecular complexity index is 1150. The van der Waals surface area contributed by atoms with E-state index in [9.17, 15) is 18.0 Å². The molecule has 0 bridgehead atoms. The molecule has 9 heteroatoms. The van der Waals surface area contributed by atoms with E-state index in [1.165, 1.54) is 4.90 Å². The van der Waals surface area contributed by atoms with Gasteiger partial charge in [-0.1, -0.05) is 54.0 Å². The molecule has 2 rings (SSSR count). The number of rotatable bonds is 11. The zero-order valence-electron chi connectivity index (χ0n) is 21.3. The van der Waals surface area contributed by atoms with E-state index in [4.69, 9.17) is 0 Å². The number of hydrogen-bond acceptors (Lipinski definition) is 4. The summed E-state index contributed by atoms with van der Waals surface area (Å²) in [6.45, 7) is 9.35. The fourth-order valence-corrected chi connectivity index (χ4v) is 4.82. The van der Waals surface area contributed by atoms with Crippen molar-refractivity contribution in [3.63, 3.8) is 0 Å². The number of nitrogens with zero attached hydrogens (tertiary/aromatic N) is 2. The van der Waals surface area contributed by atoms with Gasteiger partial charge in [0.25, 0.3) is 0 Å². The maximum Gasteiger partial charge on any atom is 0.244 e. The van der Waals surface area contributed by atoms with Crippen molar-refractivity contribution < 1.29 is 18.0 Å². The topological polar surface area (TPSA) is 86.8 Å². The van der Waals surface area contributed by atoms with E-state index >= 15 is 0 Å². The molecular weight excluding hydrogens is 530 g/mol. The Morgan fingerprint density at radius 2 is 1.69 bits per heavy atom. The first kappa shape index (κ1) is 28.8. The minimum Gasteiger partial charge on any atom is -0.352 e. The quantitative estimate of drug-likeness (QED) is 0.433. The Morgan fingerprint density at radius 3 is 2.23 bits per heavy atom. The maximum absolute atomic E-state index is 13.7. The second-order valence-electron chi connectivity index (χ2n) is 8.89. The highest BCUT2D eigenvalue weighted by atomic mass is 79.9. The normalized spacial score (nSPS) is 13.1. The number of carbonyl (C=O) groups excluding carboxylic acids is 2. The zero-order chi connectivity index (χ0) is 26.3. The molecule has 1 N–H and O–H groups in total. The number of anilines is 1. The van der Waals surface area contributed by atoms with Gasteiger partial charge in [0.15, 0.2) is 0 Å². The van der Waals surface area contributed by atoms with Gasteiger partial charge in [0.2, 0.25) is 21.8 Å². The molecule has 7 nitrogen and oxygen atoms in total. The summed E-state index contributed by atoms with van der Waals surface area (Å²) < 4.78 is 27.4. The third-order valence-corrected chi connectivity index (χ3v) is 8.13. The van der Waals surface area contributed by atoms with Crippen molar-refractivity contribution >= 4 is 43.5 Å². The van der Waals surface area contributed by atoms with Crippen molar-refractivity contribution in [1.82, 2.24) is 10.2 Å². The van der Waals surface area contributed by atoms with Crippen molar-refractivity contribution in [2.45, 2.75) is 66.1 Å². The molecule has 0 saturated heterocycles. The van der Waals surface area contributed by atoms with E-state index in [-0.39, 0.29) is 18.5 Å². The lowest BCUT2D eigenvalue weighted by atomic mass is 10.1. The summed E-state index contributed by atoms with van der Waals surface area (Å²) in [6.07, 6.45) is 2.24. The van der Waals surface area contributed by atoms with E-state index in [2.05, 4.69) is 21.2 Å². The molecule has 0 aromatic heterocycles. The number of amides is 2. The monoisotopic (exact) mass is 565 g/mol. The summed E-state index contributed by atoms with van der Waals surface area (Å²) in [5.41, 5.74) is 3.14. The van der Waals surface area contributed by atoms with Gasteiger partial charge in [-0.05, 0) is 68.5 Å². The standard InChI is InChI=1S/C26H36BrN3O4S/c1-7-20(5)28-26(32)24(8-2)29(16-21-12-10-9-11-18(21)3)25(31)17-30(35(6,33)34)22-13-14-23(27)19(4)15-22/h9-15,20,24H,7-8,16-17H2,1-6H3,(H,28,32)/t20-,24-/m1/s1. The highest BCUT2D eigenvalue weighted by molar-refractivity contribution is 9.10. The molecule has 2 aromatic rings. The number of halogens is 1. The van der Waals surface area contributed by atoms with Gasteiger partial charge < -0.3 is 10.2 Å². The van der Waals surface area contributed by atoms with Crippen LogP contribution >= 0.6 is 15.9 Å². The van der Waals surface area contributed by atoms with Crippen LogP contribution in [0.4, 0.5) is 5.69 Å². The van der Waals surface area contributed by atoms with E-state index in [1.807, 2.05) is 58.9 Å². The number of hydrogen-bond donors (Lipinski definition) is 1. The van der Waals surface area contributed by atoms with Crippen molar-refractivity contribution in [1.29, 1.82) is 0 Å². The Kier molecular flexibility index (Phi) is 10.3. The van der Waals surface area contributed by atoms with Gasteiger partial charge in [0.1, 0.15) is 12.6 Å². The summed E-state index contributed by atoms with van der Waals surface area (Å²) in [7, 11) is -3.76. The Hall–Kier alpha value is -2.39. The number of nitrogens with one attached hydrogen (secondary N) is 1. The van der Waals surface area contributed by atoms with Crippen LogP contribution in [0.15, 0.2) is 46.9 Å². The molecule has 192 valence electrons. The number of sulfonamides is 1. The van der Waals surface area contributed by atoms with Crippen molar-refractivity contribution in [2.24, 2.45) is 0 Å². The SMILES string of the molecule is CC[C@@H](C)NC(=O)[C@@H](CC)N(Cc1ccccc1C)C(=O)CN(c1ccc(Br)c(C)c1)S(C)(=O)=O. The first-order valence-corrected chi connectivity index (χ1v) is 14.4. The Balaban J connectivity index is 2.47. The van der Waals surface area contributed by atoms with Gasteiger partial charge in [0, 0.05) is 17.1 Å². The summed E-state index contributed by atoms with van der Waals surface area (Å²) in [5, 5.41) is 2.98. The summed E-state index contributed by atoms with van der Waals surface area (Å²) in [5.74, 6) is -0.681. The van der Waals surface area contributed by atoms with Gasteiger partial charge in [-0.3, -0.25) is 13.9 Å². The molecule has 0 unspecified atom stereocenters. The Labute approximate surface area is 218 Å². The van der Waals surface area contributed by atoms with Crippen molar-refractivity contribution in [3.05, 3.63) is 63.6 Å². The van der Waals surface area contributed by atoms with Crippen molar-refractivity contribution in [3.8, 4) is 0 Å². The molecule has 0 radical (unpaired) electrons. The van der Waals surface area contributed by atoms with E-state index in [1.54, 1.807) is 18.2 Å². The van der Waals surface area contributed by atoms with Crippen LogP contribution in [-0.4, -0.2) is 50.0 Å². The summed E-state index contributed by atoms with van der Waals surface area (Å²) in [4.78, 5) is 28.4. The van der Waals surface area contributed by atoms with Crippen LogP contribution in [0.2, 0.25) is 0 Å². The minimum atomic E-state index is -3.76.